The molecule has 5 rings (SSSR count). The highest BCUT2D eigenvalue weighted by Gasteiger charge is 2.44. The molecule has 2 aromatic rings. The summed E-state index contributed by atoms with van der Waals surface area (Å²) in [7, 11) is 0. The van der Waals surface area contributed by atoms with Gasteiger partial charge in [0.05, 0.1) is 0 Å². The molecule has 2 unspecified atom stereocenters. The van der Waals surface area contributed by atoms with Gasteiger partial charge < -0.3 is 9.88 Å². The molecule has 22 heavy (non-hydrogen) atoms. The smallest absolute Gasteiger partial charge is 0.0458 e. The van der Waals surface area contributed by atoms with Gasteiger partial charge in [-0.25, -0.2) is 0 Å². The highest BCUT2D eigenvalue weighted by Crippen LogP contribution is 2.47. The molecule has 1 N–H and O–H groups in total. The van der Waals surface area contributed by atoms with Crippen LogP contribution in [0.4, 0.5) is 0 Å². The fraction of sp³-hybridized carbons (Fsp3) is 0.600. The number of nitrogens with one attached hydrogen (secondary N) is 1. The molecular formula is C20H26N2. The topological polar surface area (TPSA) is 19.0 Å². The Balaban J connectivity index is 1.48. The number of H-pyrrole nitrogens is 1. The number of aromatic nitrogens is 1. The first-order chi connectivity index (χ1) is 10.7. The van der Waals surface area contributed by atoms with Crippen molar-refractivity contribution < 1.29 is 0 Å². The molecule has 2 fully saturated rings. The molecule has 1 aliphatic heterocycles. The summed E-state index contributed by atoms with van der Waals surface area (Å²) in [5.41, 5.74) is 4.96. The van der Waals surface area contributed by atoms with E-state index in [0.717, 1.165) is 11.8 Å². The van der Waals surface area contributed by atoms with Crippen LogP contribution in [-0.4, -0.2) is 29.5 Å². The third-order valence-electron chi connectivity index (χ3n) is 6.51. The highest BCUT2D eigenvalue weighted by atomic mass is 15.1. The van der Waals surface area contributed by atoms with Crippen LogP contribution in [0.3, 0.4) is 0 Å². The molecule has 0 bridgehead atoms. The van der Waals surface area contributed by atoms with Crippen molar-refractivity contribution in [3.63, 3.8) is 0 Å². The molecule has 2 atom stereocenters. The summed E-state index contributed by atoms with van der Waals surface area (Å²) in [5, 5.41) is 1.47. The Labute approximate surface area is 132 Å². The van der Waals surface area contributed by atoms with E-state index in [1.165, 1.54) is 68.3 Å². The summed E-state index contributed by atoms with van der Waals surface area (Å²) in [6.45, 7) is 6.56. The van der Waals surface area contributed by atoms with Crippen LogP contribution in [-0.2, 0) is 12.8 Å². The van der Waals surface area contributed by atoms with Crippen molar-refractivity contribution >= 4 is 10.9 Å². The van der Waals surface area contributed by atoms with Gasteiger partial charge in [-0.05, 0) is 67.5 Å². The quantitative estimate of drug-likeness (QED) is 0.887. The zero-order valence-corrected chi connectivity index (χ0v) is 13.6. The lowest BCUT2D eigenvalue weighted by Gasteiger charge is -2.49. The maximum atomic E-state index is 3.71. The van der Waals surface area contributed by atoms with Gasteiger partial charge in [0.1, 0.15) is 0 Å². The van der Waals surface area contributed by atoms with Gasteiger partial charge in [-0.15, -0.1) is 0 Å². The van der Waals surface area contributed by atoms with Gasteiger partial charge in [0.2, 0.25) is 0 Å². The minimum Gasteiger partial charge on any atom is -0.358 e. The van der Waals surface area contributed by atoms with Crippen molar-refractivity contribution in [3.8, 4) is 0 Å². The number of benzene rings is 1. The van der Waals surface area contributed by atoms with Crippen molar-refractivity contribution in [2.45, 2.75) is 39.0 Å². The number of fused-ring (bicyclic) bond motifs is 4. The van der Waals surface area contributed by atoms with Crippen molar-refractivity contribution in [2.75, 3.05) is 19.6 Å². The lowest BCUT2D eigenvalue weighted by atomic mass is 9.63. The number of likely N-dealkylation sites (tertiary alicyclic amines) is 1. The van der Waals surface area contributed by atoms with E-state index in [0.29, 0.717) is 5.41 Å². The van der Waals surface area contributed by atoms with Crippen molar-refractivity contribution in [2.24, 2.45) is 17.3 Å². The van der Waals surface area contributed by atoms with Gasteiger partial charge in [0.15, 0.2) is 0 Å². The fourth-order valence-electron chi connectivity index (χ4n) is 5.06. The number of rotatable bonds is 2. The number of aromatic amines is 1. The Hall–Kier alpha value is -1.28. The van der Waals surface area contributed by atoms with Crippen LogP contribution in [0.1, 0.15) is 37.4 Å². The molecule has 1 aromatic heterocycles. The molecule has 1 saturated heterocycles. The van der Waals surface area contributed by atoms with Crippen LogP contribution < -0.4 is 0 Å². The molecular weight excluding hydrogens is 268 g/mol. The fourth-order valence-corrected chi connectivity index (χ4v) is 5.06. The lowest BCUT2D eigenvalue weighted by molar-refractivity contribution is 0.0311. The molecule has 2 heteroatoms. The maximum absolute atomic E-state index is 3.71. The predicted octanol–water partition coefficient (Wildman–Crippen LogP) is 4.00. The van der Waals surface area contributed by atoms with E-state index in [1.807, 2.05) is 0 Å². The third-order valence-corrected chi connectivity index (χ3v) is 6.51. The second-order valence-electron chi connectivity index (χ2n) is 8.33. The van der Waals surface area contributed by atoms with Gasteiger partial charge in [-0.3, -0.25) is 0 Å². The van der Waals surface area contributed by atoms with E-state index in [1.54, 1.807) is 5.56 Å². The molecule has 2 heterocycles. The van der Waals surface area contributed by atoms with Crippen LogP contribution in [0.5, 0.6) is 0 Å². The zero-order valence-electron chi connectivity index (χ0n) is 13.6. The molecule has 116 valence electrons. The SMILES string of the molecule is CC12Cc3c([nH]c4ccccc34)CC1CCN(CC1CC1)C2. The minimum atomic E-state index is 0.477. The Kier molecular flexibility index (Phi) is 2.76. The number of para-hydroxylation sites is 1. The van der Waals surface area contributed by atoms with Crippen LogP contribution >= 0.6 is 0 Å². The molecule has 1 aromatic carbocycles. The molecule has 2 aliphatic carbocycles. The first kappa shape index (κ1) is 13.2. The first-order valence-electron chi connectivity index (χ1n) is 9.02. The van der Waals surface area contributed by atoms with Crippen molar-refractivity contribution in [1.29, 1.82) is 0 Å². The van der Waals surface area contributed by atoms with E-state index < -0.39 is 0 Å². The molecule has 1 saturated carbocycles. The molecule has 0 spiro atoms. The number of hydrogen-bond acceptors (Lipinski definition) is 1. The third kappa shape index (κ3) is 2.04. The molecule has 0 amide bonds. The summed E-state index contributed by atoms with van der Waals surface area (Å²) in [4.78, 5) is 6.48. The Bertz CT molecular complexity index is 712. The van der Waals surface area contributed by atoms with Gasteiger partial charge in [-0.2, -0.15) is 0 Å². The first-order valence-corrected chi connectivity index (χ1v) is 9.02. The van der Waals surface area contributed by atoms with Gasteiger partial charge in [0.25, 0.3) is 0 Å². The van der Waals surface area contributed by atoms with Crippen LogP contribution in [0.25, 0.3) is 10.9 Å². The van der Waals surface area contributed by atoms with Crippen LogP contribution in [0, 0.1) is 17.3 Å². The average Bonchev–Trinajstić information content (AvgIpc) is 3.25. The van der Waals surface area contributed by atoms with E-state index in [4.69, 9.17) is 0 Å². The summed E-state index contributed by atoms with van der Waals surface area (Å²) in [5.74, 6) is 1.89. The normalized spacial score (nSPS) is 32.0. The van der Waals surface area contributed by atoms with E-state index in [-0.39, 0.29) is 0 Å². The van der Waals surface area contributed by atoms with E-state index >= 15 is 0 Å². The molecule has 2 nitrogen and oxygen atoms in total. The van der Waals surface area contributed by atoms with E-state index in [9.17, 15) is 0 Å². The summed E-state index contributed by atoms with van der Waals surface area (Å²) in [6.07, 6.45) is 6.86. The zero-order chi connectivity index (χ0) is 14.7. The second kappa shape index (κ2) is 4.61. The van der Waals surface area contributed by atoms with Crippen LogP contribution in [0.2, 0.25) is 0 Å². The standard InChI is InChI=1S/C20H26N2/c1-20-11-17-16-4-2-3-5-18(16)21-19(17)10-15(20)8-9-22(13-20)12-14-6-7-14/h2-5,14-15,21H,6-13H2,1H3. The predicted molar refractivity (Wildman–Crippen MR) is 91.1 cm³/mol. The van der Waals surface area contributed by atoms with Gasteiger partial charge in [0, 0.05) is 29.7 Å². The minimum absolute atomic E-state index is 0.477. The average molecular weight is 294 g/mol. The summed E-state index contributed by atoms with van der Waals surface area (Å²) in [6, 6.07) is 8.87. The van der Waals surface area contributed by atoms with Gasteiger partial charge in [-0.1, -0.05) is 25.1 Å². The highest BCUT2D eigenvalue weighted by molar-refractivity contribution is 5.85. The molecule has 3 aliphatic rings. The number of hydrogen-bond donors (Lipinski definition) is 1. The Morgan fingerprint density at radius 2 is 2.09 bits per heavy atom. The Morgan fingerprint density at radius 3 is 2.95 bits per heavy atom. The lowest BCUT2D eigenvalue weighted by Crippen LogP contribution is -2.51. The monoisotopic (exact) mass is 294 g/mol. The summed E-state index contributed by atoms with van der Waals surface area (Å²) >= 11 is 0. The Morgan fingerprint density at radius 1 is 1.23 bits per heavy atom. The summed E-state index contributed by atoms with van der Waals surface area (Å²) < 4.78 is 0. The second-order valence-corrected chi connectivity index (χ2v) is 8.33. The van der Waals surface area contributed by atoms with E-state index in [2.05, 4.69) is 41.1 Å². The number of nitrogens with zero attached hydrogens (tertiary/aromatic N) is 1. The maximum Gasteiger partial charge on any atom is 0.0458 e. The van der Waals surface area contributed by atoms with Crippen molar-refractivity contribution in [3.05, 3.63) is 35.5 Å². The van der Waals surface area contributed by atoms with Gasteiger partial charge >= 0.3 is 0 Å². The number of piperidine rings is 1. The largest absolute Gasteiger partial charge is 0.358 e. The van der Waals surface area contributed by atoms with Crippen molar-refractivity contribution in [1.82, 2.24) is 9.88 Å². The van der Waals surface area contributed by atoms with Crippen LogP contribution in [0.15, 0.2) is 24.3 Å². The molecule has 0 radical (unpaired) electrons.